The highest BCUT2D eigenvalue weighted by molar-refractivity contribution is 7.87. The summed E-state index contributed by atoms with van der Waals surface area (Å²) < 4.78 is 31.1. The Balaban J connectivity index is 1.95. The average Bonchev–Trinajstić information content (AvgIpc) is 2.69. The summed E-state index contributed by atoms with van der Waals surface area (Å²) in [6.07, 6.45) is 30.1. The van der Waals surface area contributed by atoms with Crippen molar-refractivity contribution in [3.05, 3.63) is 24.3 Å². The molecule has 0 atom stereocenters. The number of hydrogen-bond acceptors (Lipinski definition) is 2. The summed E-state index contributed by atoms with van der Waals surface area (Å²) in [5, 5.41) is 0. The van der Waals surface area contributed by atoms with Gasteiger partial charge < -0.3 is 0 Å². The van der Waals surface area contributed by atoms with Gasteiger partial charge in [-0.3, -0.25) is 4.55 Å². The van der Waals surface area contributed by atoms with Crippen molar-refractivity contribution < 1.29 is 13.0 Å². The molecule has 1 aliphatic carbocycles. The van der Waals surface area contributed by atoms with Crippen LogP contribution < -0.4 is 0 Å². The normalized spacial score (nSPS) is 23.9. The molecule has 0 aliphatic heterocycles. The molecule has 0 amide bonds. The van der Waals surface area contributed by atoms with Gasteiger partial charge in [-0.15, -0.1) is 0 Å². The predicted molar refractivity (Wildman–Crippen MR) is 131 cm³/mol. The summed E-state index contributed by atoms with van der Waals surface area (Å²) in [6, 6.07) is 0. The Morgan fingerprint density at radius 2 is 0.933 bits per heavy atom. The highest BCUT2D eigenvalue weighted by Crippen LogP contribution is 2.36. The number of allylic oxidation sites excluding steroid dienone is 2. The van der Waals surface area contributed by atoms with Crippen LogP contribution in [-0.2, 0) is 10.1 Å². The maximum Gasteiger partial charge on any atom is 0.277 e. The maximum atomic E-state index is 11.5. The van der Waals surface area contributed by atoms with Crippen LogP contribution in [0.1, 0.15) is 130 Å². The summed E-state index contributed by atoms with van der Waals surface area (Å²) >= 11 is 0. The molecule has 0 saturated heterocycles. The third kappa shape index (κ3) is 11.1. The Kier molecular flexibility index (Phi) is 13.2. The van der Waals surface area contributed by atoms with Crippen LogP contribution in [0, 0.1) is 5.41 Å². The van der Waals surface area contributed by atoms with Crippen LogP contribution in [-0.4, -0.2) is 17.7 Å². The first-order valence-corrected chi connectivity index (χ1v) is 14.0. The van der Waals surface area contributed by atoms with Crippen molar-refractivity contribution >= 4 is 10.1 Å². The lowest BCUT2D eigenvalue weighted by atomic mass is 9.79. The molecule has 0 aromatic carbocycles. The predicted octanol–water partition coefficient (Wildman–Crippen LogP) is 8.42. The molecule has 4 heteroatoms. The minimum atomic E-state index is -4.10. The third-order valence-electron chi connectivity index (χ3n) is 6.71. The molecule has 30 heavy (non-hydrogen) atoms. The maximum absolute atomic E-state index is 11.5. The molecule has 1 aliphatic rings. The Hall–Kier alpha value is -0.610. The van der Waals surface area contributed by atoms with Gasteiger partial charge in [0.2, 0.25) is 0 Å². The van der Waals surface area contributed by atoms with Gasteiger partial charge in [0.15, 0.2) is 0 Å². The van der Waals surface area contributed by atoms with Crippen LogP contribution in [0.3, 0.4) is 0 Å². The van der Waals surface area contributed by atoms with E-state index >= 15 is 0 Å². The van der Waals surface area contributed by atoms with Crippen LogP contribution in [0.5, 0.6) is 0 Å². The molecule has 0 aromatic heterocycles. The molecule has 0 radical (unpaired) electrons. The van der Waals surface area contributed by atoms with E-state index in [-0.39, 0.29) is 5.41 Å². The summed E-state index contributed by atoms with van der Waals surface area (Å²) in [4.78, 5) is 0. The molecule has 0 fully saturated rings. The van der Waals surface area contributed by atoms with Crippen molar-refractivity contribution in [2.24, 2.45) is 5.41 Å². The van der Waals surface area contributed by atoms with Crippen molar-refractivity contribution in [3.8, 4) is 0 Å². The topological polar surface area (TPSA) is 54.4 Å². The van der Waals surface area contributed by atoms with Crippen molar-refractivity contribution in [3.63, 3.8) is 0 Å². The zero-order valence-electron chi connectivity index (χ0n) is 20.0. The van der Waals surface area contributed by atoms with E-state index in [2.05, 4.69) is 13.8 Å². The Morgan fingerprint density at radius 1 is 0.600 bits per heavy atom. The Labute approximate surface area is 187 Å². The second kappa shape index (κ2) is 14.5. The first-order chi connectivity index (χ1) is 14.2. The van der Waals surface area contributed by atoms with Gasteiger partial charge in [0.05, 0.1) is 0 Å². The largest absolute Gasteiger partial charge is 0.285 e. The molecule has 3 nitrogen and oxygen atoms in total. The van der Waals surface area contributed by atoms with Crippen LogP contribution >= 0.6 is 0 Å². The zero-order valence-corrected chi connectivity index (χ0v) is 20.8. The lowest BCUT2D eigenvalue weighted by molar-refractivity contribution is 0.437. The third-order valence-corrected chi connectivity index (χ3v) is 8.10. The first-order valence-electron chi connectivity index (χ1n) is 12.6. The van der Waals surface area contributed by atoms with E-state index in [0.717, 1.165) is 12.8 Å². The average molecular weight is 441 g/mol. The van der Waals surface area contributed by atoms with E-state index in [9.17, 15) is 13.0 Å². The highest BCUT2D eigenvalue weighted by Gasteiger charge is 2.36. The molecule has 1 rings (SSSR count). The standard InChI is InChI=1S/C26H48O3S/c1-4-5-6-7-8-9-10-11-12-13-14-15-16-17-18-19-20-25(2)21-23-26(3,24-22-25)30(27,28)29/h21-24H,4-20H2,1-3H3,(H,27,28,29). The number of unbranched alkanes of at least 4 members (excludes halogenated alkanes) is 15. The summed E-state index contributed by atoms with van der Waals surface area (Å²) in [5.41, 5.74) is -0.0970. The SMILES string of the molecule is CCCCCCCCCCCCCCCCCCC1(C)C=CC(C)(S(=O)(=O)O)C=C1. The molecule has 0 heterocycles. The Bertz CT molecular complexity index is 590. The number of rotatable bonds is 18. The van der Waals surface area contributed by atoms with Crippen LogP contribution in [0.25, 0.3) is 0 Å². The van der Waals surface area contributed by atoms with E-state index in [4.69, 9.17) is 0 Å². The van der Waals surface area contributed by atoms with Crippen LogP contribution in [0.2, 0.25) is 0 Å². The molecule has 176 valence electrons. The molecule has 1 N–H and O–H groups in total. The molecular formula is C26H48O3S. The van der Waals surface area contributed by atoms with E-state index in [1.54, 1.807) is 12.2 Å². The van der Waals surface area contributed by atoms with E-state index in [1.807, 2.05) is 12.2 Å². The van der Waals surface area contributed by atoms with Crippen molar-refractivity contribution in [1.82, 2.24) is 0 Å². The minimum absolute atomic E-state index is 0.0970. The van der Waals surface area contributed by atoms with Gasteiger partial charge in [-0.05, 0) is 13.3 Å². The van der Waals surface area contributed by atoms with E-state index < -0.39 is 14.9 Å². The van der Waals surface area contributed by atoms with Crippen LogP contribution in [0.15, 0.2) is 24.3 Å². The van der Waals surface area contributed by atoms with E-state index in [0.29, 0.717) is 0 Å². The van der Waals surface area contributed by atoms with Crippen LogP contribution in [0.4, 0.5) is 0 Å². The fourth-order valence-corrected chi connectivity index (χ4v) is 4.70. The highest BCUT2D eigenvalue weighted by atomic mass is 32.2. The lowest BCUT2D eigenvalue weighted by Gasteiger charge is -2.30. The fourth-order valence-electron chi connectivity index (χ4n) is 4.22. The van der Waals surface area contributed by atoms with Gasteiger partial charge in [-0.1, -0.05) is 141 Å². The molecule has 0 unspecified atom stereocenters. The van der Waals surface area contributed by atoms with Gasteiger partial charge in [0, 0.05) is 5.41 Å². The van der Waals surface area contributed by atoms with Gasteiger partial charge in [0.25, 0.3) is 10.1 Å². The molecule has 0 aromatic rings. The fraction of sp³-hybridized carbons (Fsp3) is 0.846. The van der Waals surface area contributed by atoms with Crippen molar-refractivity contribution in [2.75, 3.05) is 0 Å². The van der Waals surface area contributed by atoms with Gasteiger partial charge >= 0.3 is 0 Å². The first kappa shape index (κ1) is 27.4. The molecule has 0 spiro atoms. The second-order valence-corrected chi connectivity index (χ2v) is 11.7. The smallest absolute Gasteiger partial charge is 0.277 e. The zero-order chi connectivity index (χ0) is 22.3. The molecule has 0 saturated carbocycles. The van der Waals surface area contributed by atoms with Gasteiger partial charge in [-0.2, -0.15) is 8.42 Å². The quantitative estimate of drug-likeness (QED) is 0.132. The van der Waals surface area contributed by atoms with Crippen molar-refractivity contribution in [2.45, 2.75) is 135 Å². The number of hydrogen-bond donors (Lipinski definition) is 1. The lowest BCUT2D eigenvalue weighted by Crippen LogP contribution is -2.33. The summed E-state index contributed by atoms with van der Waals surface area (Å²) in [6.45, 7) is 5.94. The molecule has 0 bridgehead atoms. The minimum Gasteiger partial charge on any atom is -0.285 e. The van der Waals surface area contributed by atoms with E-state index in [1.165, 1.54) is 103 Å². The summed E-state index contributed by atoms with van der Waals surface area (Å²) in [7, 11) is -4.10. The Morgan fingerprint density at radius 3 is 1.27 bits per heavy atom. The second-order valence-electron chi connectivity index (χ2n) is 9.88. The monoisotopic (exact) mass is 440 g/mol. The van der Waals surface area contributed by atoms with Crippen molar-refractivity contribution in [1.29, 1.82) is 0 Å². The van der Waals surface area contributed by atoms with Gasteiger partial charge in [-0.25, -0.2) is 0 Å². The van der Waals surface area contributed by atoms with Gasteiger partial charge in [0.1, 0.15) is 4.75 Å². The molecular weight excluding hydrogens is 392 g/mol. The summed E-state index contributed by atoms with van der Waals surface area (Å²) in [5.74, 6) is 0.